The number of amides is 1. The van der Waals surface area contributed by atoms with E-state index < -0.39 is 0 Å². The summed E-state index contributed by atoms with van der Waals surface area (Å²) in [5.74, 6) is -0.291. The van der Waals surface area contributed by atoms with Crippen molar-refractivity contribution in [2.24, 2.45) is 0 Å². The molecule has 21 heavy (non-hydrogen) atoms. The van der Waals surface area contributed by atoms with Gasteiger partial charge in [-0.3, -0.25) is 9.59 Å². The third kappa shape index (κ3) is 3.56. The van der Waals surface area contributed by atoms with E-state index in [0.29, 0.717) is 0 Å². The Morgan fingerprint density at radius 2 is 1.76 bits per heavy atom. The van der Waals surface area contributed by atoms with E-state index in [4.69, 9.17) is 0 Å². The molecule has 0 saturated heterocycles. The maximum Gasteiger partial charge on any atom is 0.272 e. The minimum atomic E-state index is -0.291. The Morgan fingerprint density at radius 3 is 2.38 bits per heavy atom. The summed E-state index contributed by atoms with van der Waals surface area (Å²) in [6.07, 6.45) is 0. The van der Waals surface area contributed by atoms with E-state index in [-0.39, 0.29) is 29.2 Å². The van der Waals surface area contributed by atoms with Gasteiger partial charge in [0.05, 0.1) is 12.1 Å². The smallest absolute Gasteiger partial charge is 0.272 e. The molecular formula is C16H19N3O2. The van der Waals surface area contributed by atoms with Crippen LogP contribution in [0.2, 0.25) is 0 Å². The average Bonchev–Trinajstić information content (AvgIpc) is 2.48. The van der Waals surface area contributed by atoms with Crippen LogP contribution in [-0.4, -0.2) is 15.7 Å². The highest BCUT2D eigenvalue weighted by Crippen LogP contribution is 2.11. The molecule has 1 heterocycles. The second kappa shape index (κ2) is 6.35. The average molecular weight is 285 g/mol. The Morgan fingerprint density at radius 1 is 1.10 bits per heavy atom. The molecule has 0 aliphatic rings. The summed E-state index contributed by atoms with van der Waals surface area (Å²) >= 11 is 0. The summed E-state index contributed by atoms with van der Waals surface area (Å²) in [6, 6.07) is 12.3. The van der Waals surface area contributed by atoms with E-state index in [1.807, 2.05) is 51.1 Å². The maximum atomic E-state index is 12.2. The first kappa shape index (κ1) is 15.0. The second-order valence-electron chi connectivity index (χ2n) is 5.20. The van der Waals surface area contributed by atoms with Crippen molar-refractivity contribution in [1.82, 2.24) is 15.1 Å². The van der Waals surface area contributed by atoms with Crippen LogP contribution >= 0.6 is 0 Å². The molecule has 5 nitrogen and oxygen atoms in total. The lowest BCUT2D eigenvalue weighted by molar-refractivity contribution is 0.0932. The normalized spacial score (nSPS) is 12.2. The molecule has 0 aliphatic heterocycles. The number of carbonyl (C=O) groups is 1. The summed E-state index contributed by atoms with van der Waals surface area (Å²) in [5.41, 5.74) is 1.05. The lowest BCUT2D eigenvalue weighted by Crippen LogP contribution is -2.31. The first-order valence-electron chi connectivity index (χ1n) is 6.94. The van der Waals surface area contributed by atoms with Crippen molar-refractivity contribution in [2.75, 3.05) is 0 Å². The van der Waals surface area contributed by atoms with Gasteiger partial charge < -0.3 is 5.32 Å². The first-order chi connectivity index (χ1) is 9.99. The first-order valence-corrected chi connectivity index (χ1v) is 6.94. The van der Waals surface area contributed by atoms with E-state index >= 15 is 0 Å². The molecule has 1 atom stereocenters. The van der Waals surface area contributed by atoms with Crippen LogP contribution in [0.3, 0.4) is 0 Å². The summed E-state index contributed by atoms with van der Waals surface area (Å²) in [4.78, 5) is 23.9. The van der Waals surface area contributed by atoms with Gasteiger partial charge in [-0.25, -0.2) is 4.68 Å². The van der Waals surface area contributed by atoms with Gasteiger partial charge in [0.1, 0.15) is 5.69 Å². The van der Waals surface area contributed by atoms with Crippen LogP contribution in [0.15, 0.2) is 47.3 Å². The SMILES string of the molecule is CC(NC(=O)c1ccc(=O)n(C(C)C)n1)c1ccccc1. The Balaban J connectivity index is 2.17. The molecule has 1 aromatic heterocycles. The van der Waals surface area contributed by atoms with Gasteiger partial charge in [-0.15, -0.1) is 0 Å². The van der Waals surface area contributed by atoms with Crippen LogP contribution in [0.4, 0.5) is 0 Å². The highest BCUT2D eigenvalue weighted by molar-refractivity contribution is 5.92. The quantitative estimate of drug-likeness (QED) is 0.937. The van der Waals surface area contributed by atoms with Gasteiger partial charge in [0.25, 0.3) is 11.5 Å². The molecule has 0 saturated carbocycles. The highest BCUT2D eigenvalue weighted by atomic mass is 16.2. The van der Waals surface area contributed by atoms with Crippen molar-refractivity contribution in [1.29, 1.82) is 0 Å². The zero-order chi connectivity index (χ0) is 15.4. The fourth-order valence-electron chi connectivity index (χ4n) is 2.01. The Kier molecular flexibility index (Phi) is 4.52. The van der Waals surface area contributed by atoms with Gasteiger partial charge in [-0.05, 0) is 32.4 Å². The fraction of sp³-hybridized carbons (Fsp3) is 0.312. The molecule has 2 aromatic rings. The van der Waals surface area contributed by atoms with E-state index in [2.05, 4.69) is 10.4 Å². The summed E-state index contributed by atoms with van der Waals surface area (Å²) in [7, 11) is 0. The fourth-order valence-corrected chi connectivity index (χ4v) is 2.01. The van der Waals surface area contributed by atoms with Crippen LogP contribution in [0.25, 0.3) is 0 Å². The molecule has 0 aliphatic carbocycles. The molecule has 110 valence electrons. The Bertz CT molecular complexity index is 677. The van der Waals surface area contributed by atoms with Gasteiger partial charge in [0, 0.05) is 6.07 Å². The van der Waals surface area contributed by atoms with Crippen molar-refractivity contribution in [3.05, 3.63) is 64.1 Å². The van der Waals surface area contributed by atoms with Crippen molar-refractivity contribution < 1.29 is 4.79 Å². The van der Waals surface area contributed by atoms with Crippen LogP contribution in [0.5, 0.6) is 0 Å². The summed E-state index contributed by atoms with van der Waals surface area (Å²) in [6.45, 7) is 5.61. The maximum absolute atomic E-state index is 12.2. The summed E-state index contributed by atoms with van der Waals surface area (Å²) < 4.78 is 1.31. The van der Waals surface area contributed by atoms with Crippen molar-refractivity contribution >= 4 is 5.91 Å². The predicted molar refractivity (Wildman–Crippen MR) is 81.2 cm³/mol. The number of carbonyl (C=O) groups excluding carboxylic acids is 1. The lowest BCUT2D eigenvalue weighted by Gasteiger charge is -2.15. The summed E-state index contributed by atoms with van der Waals surface area (Å²) in [5, 5.41) is 6.99. The van der Waals surface area contributed by atoms with E-state index in [9.17, 15) is 9.59 Å². The number of rotatable bonds is 4. The number of benzene rings is 1. The van der Waals surface area contributed by atoms with Crippen LogP contribution in [0.1, 0.15) is 48.9 Å². The molecule has 2 rings (SSSR count). The van der Waals surface area contributed by atoms with Crippen LogP contribution < -0.4 is 10.9 Å². The molecule has 1 amide bonds. The zero-order valence-corrected chi connectivity index (χ0v) is 12.4. The van der Waals surface area contributed by atoms with Gasteiger partial charge in [0.15, 0.2) is 0 Å². The van der Waals surface area contributed by atoms with Gasteiger partial charge in [-0.2, -0.15) is 5.10 Å². The largest absolute Gasteiger partial charge is 0.344 e. The minimum absolute atomic E-state index is 0.0863. The Labute approximate surface area is 123 Å². The molecule has 1 N–H and O–H groups in total. The second-order valence-corrected chi connectivity index (χ2v) is 5.20. The highest BCUT2D eigenvalue weighted by Gasteiger charge is 2.14. The lowest BCUT2D eigenvalue weighted by atomic mass is 10.1. The predicted octanol–water partition coefficient (Wildman–Crippen LogP) is 2.32. The molecule has 0 spiro atoms. The topological polar surface area (TPSA) is 64.0 Å². The number of nitrogens with zero attached hydrogens (tertiary/aromatic N) is 2. The van der Waals surface area contributed by atoms with E-state index in [0.717, 1.165) is 5.56 Å². The van der Waals surface area contributed by atoms with E-state index in [1.165, 1.54) is 16.8 Å². The monoisotopic (exact) mass is 285 g/mol. The molecule has 0 bridgehead atoms. The van der Waals surface area contributed by atoms with Gasteiger partial charge in [-0.1, -0.05) is 30.3 Å². The number of aromatic nitrogens is 2. The van der Waals surface area contributed by atoms with E-state index in [1.54, 1.807) is 0 Å². The third-order valence-corrected chi connectivity index (χ3v) is 3.19. The Hall–Kier alpha value is -2.43. The zero-order valence-electron chi connectivity index (χ0n) is 12.4. The number of hydrogen-bond donors (Lipinski definition) is 1. The molecule has 0 radical (unpaired) electrons. The molecule has 1 aromatic carbocycles. The standard InChI is InChI=1S/C16H19N3O2/c1-11(2)19-15(20)10-9-14(18-19)16(21)17-12(3)13-7-5-4-6-8-13/h4-12H,1-3H3,(H,17,21). The van der Waals surface area contributed by atoms with Crippen molar-refractivity contribution in [3.8, 4) is 0 Å². The minimum Gasteiger partial charge on any atom is -0.344 e. The van der Waals surface area contributed by atoms with Crippen LogP contribution in [-0.2, 0) is 0 Å². The number of hydrogen-bond acceptors (Lipinski definition) is 3. The van der Waals surface area contributed by atoms with Gasteiger partial charge >= 0.3 is 0 Å². The molecule has 0 fully saturated rings. The molecule has 1 unspecified atom stereocenters. The van der Waals surface area contributed by atoms with Crippen LogP contribution in [0, 0.1) is 0 Å². The molecular weight excluding hydrogens is 266 g/mol. The molecule has 5 heteroatoms. The van der Waals surface area contributed by atoms with Crippen molar-refractivity contribution in [3.63, 3.8) is 0 Å². The number of nitrogens with one attached hydrogen (secondary N) is 1. The van der Waals surface area contributed by atoms with Gasteiger partial charge in [0.2, 0.25) is 0 Å². The third-order valence-electron chi connectivity index (χ3n) is 3.19. The van der Waals surface area contributed by atoms with Crippen molar-refractivity contribution in [2.45, 2.75) is 32.9 Å².